The molecule has 1 aliphatic heterocycles. The van der Waals surface area contributed by atoms with Crippen molar-refractivity contribution in [3.05, 3.63) is 36.2 Å². The van der Waals surface area contributed by atoms with E-state index in [1.807, 2.05) is 30.3 Å². The number of nitrogens with one attached hydrogen (secondary N) is 1. The SMILES string of the molecule is O=C(CCc1nnc(-c2ccccc2)o1)NCC1(N2CCCCC2)CCCCC1. The molecule has 0 bridgehead atoms. The van der Waals surface area contributed by atoms with Gasteiger partial charge in [-0.2, -0.15) is 0 Å². The van der Waals surface area contributed by atoms with Crippen molar-refractivity contribution in [1.82, 2.24) is 20.4 Å². The van der Waals surface area contributed by atoms with Crippen LogP contribution in [0, 0.1) is 0 Å². The monoisotopic (exact) mass is 396 g/mol. The molecule has 0 unspecified atom stereocenters. The number of hydrogen-bond donors (Lipinski definition) is 1. The first-order chi connectivity index (χ1) is 14.3. The van der Waals surface area contributed by atoms with Gasteiger partial charge in [0.15, 0.2) is 0 Å². The summed E-state index contributed by atoms with van der Waals surface area (Å²) in [5.41, 5.74) is 1.07. The van der Waals surface area contributed by atoms with Crippen LogP contribution in [0.3, 0.4) is 0 Å². The lowest BCUT2D eigenvalue weighted by Gasteiger charge is -2.48. The number of rotatable bonds is 7. The van der Waals surface area contributed by atoms with Crippen LogP contribution in [0.25, 0.3) is 11.5 Å². The zero-order valence-corrected chi connectivity index (χ0v) is 17.2. The van der Waals surface area contributed by atoms with Gasteiger partial charge in [0.1, 0.15) is 0 Å². The first kappa shape index (κ1) is 20.1. The van der Waals surface area contributed by atoms with E-state index in [4.69, 9.17) is 4.42 Å². The molecule has 6 heteroatoms. The quantitative estimate of drug-likeness (QED) is 0.767. The molecule has 0 radical (unpaired) electrons. The van der Waals surface area contributed by atoms with Crippen LogP contribution in [0.4, 0.5) is 0 Å². The minimum atomic E-state index is 0.0754. The smallest absolute Gasteiger partial charge is 0.247 e. The van der Waals surface area contributed by atoms with Gasteiger partial charge >= 0.3 is 0 Å². The molecule has 0 spiro atoms. The van der Waals surface area contributed by atoms with Gasteiger partial charge in [-0.3, -0.25) is 9.69 Å². The minimum absolute atomic E-state index is 0.0754. The van der Waals surface area contributed by atoms with Gasteiger partial charge in [0.2, 0.25) is 17.7 Å². The van der Waals surface area contributed by atoms with E-state index in [1.54, 1.807) is 0 Å². The zero-order valence-electron chi connectivity index (χ0n) is 17.2. The van der Waals surface area contributed by atoms with Crippen LogP contribution < -0.4 is 5.32 Å². The van der Waals surface area contributed by atoms with Crippen LogP contribution in [-0.2, 0) is 11.2 Å². The molecule has 4 rings (SSSR count). The average molecular weight is 397 g/mol. The summed E-state index contributed by atoms with van der Waals surface area (Å²) in [7, 11) is 0. The zero-order chi connectivity index (χ0) is 19.9. The van der Waals surface area contributed by atoms with Crippen LogP contribution in [-0.4, -0.2) is 46.2 Å². The number of carbonyl (C=O) groups is 1. The molecular formula is C23H32N4O2. The fraction of sp³-hybridized carbons (Fsp3) is 0.609. The van der Waals surface area contributed by atoms with Crippen molar-refractivity contribution in [1.29, 1.82) is 0 Å². The van der Waals surface area contributed by atoms with Gasteiger partial charge in [0.25, 0.3) is 0 Å². The highest BCUT2D eigenvalue weighted by Gasteiger charge is 2.38. The van der Waals surface area contributed by atoms with Crippen LogP contribution in [0.1, 0.15) is 63.7 Å². The van der Waals surface area contributed by atoms with Crippen molar-refractivity contribution in [3.8, 4) is 11.5 Å². The van der Waals surface area contributed by atoms with Crippen molar-refractivity contribution in [2.75, 3.05) is 19.6 Å². The highest BCUT2D eigenvalue weighted by atomic mass is 16.4. The van der Waals surface area contributed by atoms with Gasteiger partial charge in [-0.05, 0) is 50.9 Å². The number of aromatic nitrogens is 2. The van der Waals surface area contributed by atoms with Crippen molar-refractivity contribution in [3.63, 3.8) is 0 Å². The Labute approximate surface area is 173 Å². The Morgan fingerprint density at radius 2 is 1.72 bits per heavy atom. The lowest BCUT2D eigenvalue weighted by Crippen LogP contribution is -2.58. The first-order valence-electron chi connectivity index (χ1n) is 11.1. The molecule has 6 nitrogen and oxygen atoms in total. The van der Waals surface area contributed by atoms with Crippen molar-refractivity contribution in [2.24, 2.45) is 0 Å². The van der Waals surface area contributed by atoms with Gasteiger partial charge in [-0.1, -0.05) is 43.9 Å². The maximum atomic E-state index is 12.5. The molecule has 2 aromatic rings. The standard InChI is InChI=1S/C23H32N4O2/c28-20(12-13-21-25-26-22(29-21)19-10-4-1-5-11-19)24-18-23(14-6-2-7-15-23)27-16-8-3-9-17-27/h1,4-5,10-11H,2-3,6-9,12-18H2,(H,24,28). The maximum Gasteiger partial charge on any atom is 0.247 e. The van der Waals surface area contributed by atoms with Crippen LogP contribution >= 0.6 is 0 Å². The minimum Gasteiger partial charge on any atom is -0.421 e. The maximum absolute atomic E-state index is 12.5. The second-order valence-corrected chi connectivity index (χ2v) is 8.48. The lowest BCUT2D eigenvalue weighted by molar-refractivity contribution is -0.122. The Balaban J connectivity index is 1.29. The first-order valence-corrected chi connectivity index (χ1v) is 11.1. The van der Waals surface area contributed by atoms with Crippen molar-refractivity contribution < 1.29 is 9.21 Å². The summed E-state index contributed by atoms with van der Waals surface area (Å²) in [6.07, 6.45) is 11.1. The number of likely N-dealkylation sites (tertiary alicyclic amines) is 1. The Morgan fingerprint density at radius 1 is 1.00 bits per heavy atom. The molecule has 29 heavy (non-hydrogen) atoms. The van der Waals surface area contributed by atoms with E-state index < -0.39 is 0 Å². The van der Waals surface area contributed by atoms with Crippen LogP contribution in [0.2, 0.25) is 0 Å². The third-order valence-corrected chi connectivity index (χ3v) is 6.48. The van der Waals surface area contributed by atoms with E-state index >= 15 is 0 Å². The number of aryl methyl sites for hydroxylation is 1. The molecule has 1 N–H and O–H groups in total. The summed E-state index contributed by atoms with van der Waals surface area (Å²) in [4.78, 5) is 15.2. The van der Waals surface area contributed by atoms with E-state index in [2.05, 4.69) is 20.4 Å². The normalized spacial score (nSPS) is 19.7. The predicted molar refractivity (Wildman–Crippen MR) is 112 cm³/mol. The molecule has 2 fully saturated rings. The van der Waals surface area contributed by atoms with Crippen molar-refractivity contribution >= 4 is 5.91 Å². The number of hydrogen-bond acceptors (Lipinski definition) is 5. The molecule has 1 amide bonds. The Hall–Kier alpha value is -2.21. The number of nitrogens with zero attached hydrogens (tertiary/aromatic N) is 3. The summed E-state index contributed by atoms with van der Waals surface area (Å²) in [5.74, 6) is 1.10. The number of benzene rings is 1. The summed E-state index contributed by atoms with van der Waals surface area (Å²) >= 11 is 0. The summed E-state index contributed by atoms with van der Waals surface area (Å²) < 4.78 is 5.72. The third kappa shape index (κ3) is 5.04. The van der Waals surface area contributed by atoms with E-state index in [9.17, 15) is 4.79 Å². The number of carbonyl (C=O) groups excluding carboxylic acids is 1. The number of piperidine rings is 1. The molecule has 0 atom stereocenters. The molecule has 156 valence electrons. The molecule has 2 aliphatic rings. The van der Waals surface area contributed by atoms with E-state index in [1.165, 1.54) is 64.5 Å². The van der Waals surface area contributed by atoms with Crippen molar-refractivity contribution in [2.45, 2.75) is 69.7 Å². The fourth-order valence-corrected chi connectivity index (χ4v) is 4.81. The summed E-state index contributed by atoms with van der Waals surface area (Å²) in [6.45, 7) is 3.13. The van der Waals surface area contributed by atoms with Crippen LogP contribution in [0.5, 0.6) is 0 Å². The van der Waals surface area contributed by atoms with E-state index in [0.29, 0.717) is 24.6 Å². The molecule has 2 heterocycles. The molecule has 1 aromatic carbocycles. The van der Waals surface area contributed by atoms with Gasteiger partial charge < -0.3 is 9.73 Å². The predicted octanol–water partition coefficient (Wildman–Crippen LogP) is 3.97. The molecular weight excluding hydrogens is 364 g/mol. The second kappa shape index (κ2) is 9.53. The average Bonchev–Trinajstić information content (AvgIpc) is 3.27. The highest BCUT2D eigenvalue weighted by Crippen LogP contribution is 2.35. The highest BCUT2D eigenvalue weighted by molar-refractivity contribution is 5.76. The van der Waals surface area contributed by atoms with Crippen LogP contribution in [0.15, 0.2) is 34.7 Å². The van der Waals surface area contributed by atoms with Gasteiger partial charge in [0, 0.05) is 30.5 Å². The van der Waals surface area contributed by atoms with Gasteiger partial charge in [-0.25, -0.2) is 0 Å². The van der Waals surface area contributed by atoms with Gasteiger partial charge in [-0.15, -0.1) is 10.2 Å². The molecule has 1 saturated heterocycles. The second-order valence-electron chi connectivity index (χ2n) is 8.48. The molecule has 1 aromatic heterocycles. The Bertz CT molecular complexity index is 777. The summed E-state index contributed by atoms with van der Waals surface area (Å²) in [5, 5.41) is 11.4. The van der Waals surface area contributed by atoms with Gasteiger partial charge in [0.05, 0.1) is 0 Å². The lowest BCUT2D eigenvalue weighted by atomic mass is 9.79. The molecule has 1 aliphatic carbocycles. The summed E-state index contributed by atoms with van der Waals surface area (Å²) in [6, 6.07) is 9.71. The largest absolute Gasteiger partial charge is 0.421 e. The topological polar surface area (TPSA) is 71.3 Å². The molecule has 1 saturated carbocycles. The Kier molecular flexibility index (Phi) is 6.60. The van der Waals surface area contributed by atoms with E-state index in [0.717, 1.165) is 12.1 Å². The number of amides is 1. The fourth-order valence-electron chi connectivity index (χ4n) is 4.81. The third-order valence-electron chi connectivity index (χ3n) is 6.48. The Morgan fingerprint density at radius 3 is 2.48 bits per heavy atom. The van der Waals surface area contributed by atoms with E-state index in [-0.39, 0.29) is 11.4 Å².